The van der Waals surface area contributed by atoms with Gasteiger partial charge in [-0.2, -0.15) is 0 Å². The summed E-state index contributed by atoms with van der Waals surface area (Å²) in [4.78, 5) is 2.56. The summed E-state index contributed by atoms with van der Waals surface area (Å²) in [7, 11) is -3.49. The van der Waals surface area contributed by atoms with Gasteiger partial charge in [-0.25, -0.2) is 13.1 Å². The van der Waals surface area contributed by atoms with E-state index in [1.54, 1.807) is 18.2 Å². The first-order chi connectivity index (χ1) is 10.6. The van der Waals surface area contributed by atoms with Crippen LogP contribution in [0.2, 0.25) is 0 Å². The lowest BCUT2D eigenvalue weighted by atomic mass is 10.2. The number of hydrogen-bond acceptors (Lipinski definition) is 4. The maximum atomic E-state index is 12.4. The van der Waals surface area contributed by atoms with Crippen molar-refractivity contribution < 1.29 is 13.2 Å². The van der Waals surface area contributed by atoms with Gasteiger partial charge in [-0.15, -0.1) is 0 Å². The monoisotopic (exact) mass is 324 g/mol. The van der Waals surface area contributed by atoms with Gasteiger partial charge in [0.1, 0.15) is 16.7 Å². The zero-order valence-electron chi connectivity index (χ0n) is 13.0. The highest BCUT2D eigenvalue weighted by Crippen LogP contribution is 2.30. The van der Waals surface area contributed by atoms with Crippen molar-refractivity contribution in [2.75, 3.05) is 19.6 Å². The number of hydrogen-bond donors (Lipinski definition) is 1. The van der Waals surface area contributed by atoms with Gasteiger partial charge in [0.05, 0.1) is 6.04 Å². The van der Waals surface area contributed by atoms with Crippen LogP contribution in [0.4, 0.5) is 0 Å². The van der Waals surface area contributed by atoms with Gasteiger partial charge in [0.2, 0.25) is 10.0 Å². The summed E-state index contributed by atoms with van der Waals surface area (Å²) in [5.41, 5.74) is 0. The van der Waals surface area contributed by atoms with Crippen LogP contribution in [-0.2, 0) is 10.0 Å². The van der Waals surface area contributed by atoms with Crippen molar-refractivity contribution in [3.63, 3.8) is 0 Å². The van der Waals surface area contributed by atoms with Gasteiger partial charge >= 0.3 is 0 Å². The van der Waals surface area contributed by atoms with E-state index in [0.29, 0.717) is 5.75 Å². The van der Waals surface area contributed by atoms with Gasteiger partial charge in [-0.3, -0.25) is 4.90 Å². The topological polar surface area (TPSA) is 58.6 Å². The number of ether oxygens (including phenoxy) is 1. The Morgan fingerprint density at radius 1 is 1.23 bits per heavy atom. The number of nitrogens with zero attached hydrogens (tertiary/aromatic N) is 1. The normalized spacial score (nSPS) is 26.8. The number of rotatable bonds is 5. The lowest BCUT2D eigenvalue weighted by molar-refractivity contribution is 0.185. The minimum absolute atomic E-state index is 0.107. The van der Waals surface area contributed by atoms with E-state index in [0.717, 1.165) is 26.1 Å². The molecule has 1 aromatic carbocycles. The minimum Gasteiger partial charge on any atom is -0.486 e. The number of fused-ring (bicyclic) bond motifs is 2. The van der Waals surface area contributed by atoms with E-state index in [2.05, 4.69) is 16.5 Å². The molecule has 2 heterocycles. The molecular formula is C16H24N2O3S. The molecule has 0 aliphatic carbocycles. The van der Waals surface area contributed by atoms with Crippen molar-refractivity contribution in [3.05, 3.63) is 24.3 Å². The largest absolute Gasteiger partial charge is 0.486 e. The molecule has 0 saturated carbocycles. The van der Waals surface area contributed by atoms with Crippen LogP contribution in [0.5, 0.6) is 5.75 Å². The Hall–Kier alpha value is -1.11. The SMILES string of the molecule is CCCCCCN1CC2NS(=O)(=O)c3ccccc3OC2C1. The van der Waals surface area contributed by atoms with Gasteiger partial charge in [0.15, 0.2) is 0 Å². The van der Waals surface area contributed by atoms with Gasteiger partial charge in [0, 0.05) is 13.1 Å². The van der Waals surface area contributed by atoms with Crippen molar-refractivity contribution in [3.8, 4) is 5.75 Å². The number of likely N-dealkylation sites (tertiary alicyclic amines) is 1. The third-order valence-electron chi connectivity index (χ3n) is 4.39. The van der Waals surface area contributed by atoms with E-state index in [1.807, 2.05) is 6.07 Å². The predicted molar refractivity (Wildman–Crippen MR) is 85.5 cm³/mol. The van der Waals surface area contributed by atoms with Gasteiger partial charge in [-0.05, 0) is 25.1 Å². The van der Waals surface area contributed by atoms with Gasteiger partial charge < -0.3 is 4.74 Å². The summed E-state index contributed by atoms with van der Waals surface area (Å²) in [5, 5.41) is 0. The zero-order valence-corrected chi connectivity index (χ0v) is 13.8. The van der Waals surface area contributed by atoms with Gasteiger partial charge in [-0.1, -0.05) is 38.3 Å². The zero-order chi connectivity index (χ0) is 15.6. The van der Waals surface area contributed by atoms with Crippen molar-refractivity contribution in [1.29, 1.82) is 0 Å². The van der Waals surface area contributed by atoms with Gasteiger partial charge in [0.25, 0.3) is 0 Å². The Kier molecular flexibility index (Phi) is 4.70. The second-order valence-corrected chi connectivity index (χ2v) is 7.83. The van der Waals surface area contributed by atoms with Crippen LogP contribution >= 0.6 is 0 Å². The molecule has 0 amide bonds. The Balaban J connectivity index is 1.69. The van der Waals surface area contributed by atoms with Crippen LogP contribution in [0.1, 0.15) is 32.6 Å². The number of unbranched alkanes of at least 4 members (excludes halogenated alkanes) is 3. The molecule has 22 heavy (non-hydrogen) atoms. The predicted octanol–water partition coefficient (Wildman–Crippen LogP) is 1.99. The summed E-state index contributed by atoms with van der Waals surface area (Å²) in [6.07, 6.45) is 4.78. The van der Waals surface area contributed by atoms with Crippen LogP contribution in [-0.4, -0.2) is 45.1 Å². The number of nitrogens with one attached hydrogen (secondary N) is 1. The van der Waals surface area contributed by atoms with E-state index < -0.39 is 10.0 Å². The Labute approximate surface area is 132 Å². The highest BCUT2D eigenvalue weighted by Gasteiger charge is 2.40. The molecule has 2 atom stereocenters. The summed E-state index contributed by atoms with van der Waals surface area (Å²) in [6, 6.07) is 6.71. The lowest BCUT2D eigenvalue weighted by Crippen LogP contribution is -2.42. The molecule has 1 aromatic rings. The molecular weight excluding hydrogens is 300 g/mol. The maximum absolute atomic E-state index is 12.4. The molecule has 0 bridgehead atoms. The first-order valence-electron chi connectivity index (χ1n) is 8.10. The van der Waals surface area contributed by atoms with E-state index in [-0.39, 0.29) is 17.0 Å². The lowest BCUT2D eigenvalue weighted by Gasteiger charge is -2.16. The fourth-order valence-electron chi connectivity index (χ4n) is 3.22. The number of sulfonamides is 1. The highest BCUT2D eigenvalue weighted by molar-refractivity contribution is 7.89. The first kappa shape index (κ1) is 15.8. The molecule has 3 rings (SSSR count). The fourth-order valence-corrected chi connectivity index (χ4v) is 4.62. The Morgan fingerprint density at radius 3 is 2.86 bits per heavy atom. The van der Waals surface area contributed by atoms with Crippen LogP contribution < -0.4 is 9.46 Å². The Morgan fingerprint density at radius 2 is 2.05 bits per heavy atom. The molecule has 6 heteroatoms. The first-order valence-corrected chi connectivity index (χ1v) is 9.59. The third kappa shape index (κ3) is 3.29. The maximum Gasteiger partial charge on any atom is 0.244 e. The minimum atomic E-state index is -3.49. The molecule has 2 aliphatic rings. The molecule has 1 N–H and O–H groups in total. The van der Waals surface area contributed by atoms with Crippen LogP contribution in [0.25, 0.3) is 0 Å². The van der Waals surface area contributed by atoms with E-state index in [4.69, 9.17) is 4.74 Å². The molecule has 5 nitrogen and oxygen atoms in total. The van der Waals surface area contributed by atoms with Crippen molar-refractivity contribution in [2.45, 2.75) is 49.6 Å². The standard InChI is InChI=1S/C16H24N2O3S/c1-2-3-4-7-10-18-11-13-15(12-18)21-14-8-5-6-9-16(14)22(19,20)17-13/h5-6,8-9,13,15,17H,2-4,7,10-12H2,1H3. The molecule has 1 saturated heterocycles. The van der Waals surface area contributed by atoms with Crippen molar-refractivity contribution >= 4 is 10.0 Å². The van der Waals surface area contributed by atoms with E-state index in [1.165, 1.54) is 19.3 Å². The van der Waals surface area contributed by atoms with Crippen LogP contribution in [0.3, 0.4) is 0 Å². The number of para-hydroxylation sites is 1. The van der Waals surface area contributed by atoms with Crippen molar-refractivity contribution in [2.24, 2.45) is 0 Å². The summed E-state index contributed by atoms with van der Waals surface area (Å²) in [6.45, 7) is 4.73. The average molecular weight is 324 g/mol. The van der Waals surface area contributed by atoms with E-state index in [9.17, 15) is 8.42 Å². The molecule has 0 aromatic heterocycles. The third-order valence-corrected chi connectivity index (χ3v) is 5.92. The average Bonchev–Trinajstić information content (AvgIpc) is 2.80. The molecule has 1 fully saturated rings. The number of benzene rings is 1. The van der Waals surface area contributed by atoms with Crippen LogP contribution in [0.15, 0.2) is 29.2 Å². The Bertz CT molecular complexity index is 618. The summed E-state index contributed by atoms with van der Waals surface area (Å²) < 4.78 is 33.7. The molecule has 122 valence electrons. The molecule has 0 spiro atoms. The molecule has 2 unspecified atom stereocenters. The highest BCUT2D eigenvalue weighted by atomic mass is 32.2. The molecule has 0 radical (unpaired) electrons. The second kappa shape index (κ2) is 6.56. The smallest absolute Gasteiger partial charge is 0.244 e. The summed E-state index contributed by atoms with van der Waals surface area (Å²) in [5.74, 6) is 0.468. The summed E-state index contributed by atoms with van der Waals surface area (Å²) >= 11 is 0. The van der Waals surface area contributed by atoms with Crippen molar-refractivity contribution in [1.82, 2.24) is 9.62 Å². The van der Waals surface area contributed by atoms with Crippen LogP contribution in [0, 0.1) is 0 Å². The quantitative estimate of drug-likeness (QED) is 0.842. The second-order valence-electron chi connectivity index (χ2n) is 6.15. The van der Waals surface area contributed by atoms with E-state index >= 15 is 0 Å². The fraction of sp³-hybridized carbons (Fsp3) is 0.625. The molecule has 2 aliphatic heterocycles.